The first-order valence-corrected chi connectivity index (χ1v) is 7.34. The lowest BCUT2D eigenvalue weighted by Crippen LogP contribution is -2.47. The first-order valence-electron chi connectivity index (χ1n) is 6.54. The zero-order valence-electron chi connectivity index (χ0n) is 10.9. The summed E-state index contributed by atoms with van der Waals surface area (Å²) in [6.07, 6.45) is 1.89. The van der Waals surface area contributed by atoms with Gasteiger partial charge in [0.2, 0.25) is 11.8 Å². The van der Waals surface area contributed by atoms with Crippen molar-refractivity contribution < 1.29 is 14.0 Å². The lowest BCUT2D eigenvalue weighted by Gasteiger charge is -2.23. The standard InChI is InChI=1S/C14H16BrFN2O2/c15-12-4-2-10(16)7-9(12)1-5-14(20)18-11-3-6-13(19)17-8-11/h2,4,7,11H,1,3,5-6,8H2,(H,17,19)(H,18,20)/t11-/m0/s1. The number of halogens is 2. The van der Waals surface area contributed by atoms with Gasteiger partial charge in [-0.05, 0) is 36.6 Å². The van der Waals surface area contributed by atoms with E-state index < -0.39 is 0 Å². The van der Waals surface area contributed by atoms with Crippen molar-refractivity contribution in [2.45, 2.75) is 31.7 Å². The van der Waals surface area contributed by atoms with E-state index in [2.05, 4.69) is 26.6 Å². The van der Waals surface area contributed by atoms with Gasteiger partial charge in [0, 0.05) is 29.9 Å². The van der Waals surface area contributed by atoms with Gasteiger partial charge in [0.25, 0.3) is 0 Å². The summed E-state index contributed by atoms with van der Waals surface area (Å²) in [6.45, 7) is 0.480. The summed E-state index contributed by atoms with van der Waals surface area (Å²) < 4.78 is 13.9. The highest BCUT2D eigenvalue weighted by Crippen LogP contribution is 2.19. The largest absolute Gasteiger partial charge is 0.354 e. The maximum absolute atomic E-state index is 13.1. The summed E-state index contributed by atoms with van der Waals surface area (Å²) in [7, 11) is 0. The molecule has 2 rings (SSSR count). The number of rotatable bonds is 4. The van der Waals surface area contributed by atoms with Crippen molar-refractivity contribution in [2.75, 3.05) is 6.54 Å². The zero-order valence-corrected chi connectivity index (χ0v) is 12.5. The highest BCUT2D eigenvalue weighted by atomic mass is 79.9. The van der Waals surface area contributed by atoms with E-state index in [9.17, 15) is 14.0 Å². The summed E-state index contributed by atoms with van der Waals surface area (Å²) in [5, 5.41) is 5.60. The number of hydrogen-bond donors (Lipinski definition) is 2. The van der Waals surface area contributed by atoms with E-state index in [1.165, 1.54) is 12.1 Å². The maximum Gasteiger partial charge on any atom is 0.220 e. The molecule has 0 aliphatic carbocycles. The zero-order chi connectivity index (χ0) is 14.5. The number of carbonyl (C=O) groups is 2. The van der Waals surface area contributed by atoms with E-state index in [0.29, 0.717) is 32.2 Å². The van der Waals surface area contributed by atoms with Crippen molar-refractivity contribution in [3.63, 3.8) is 0 Å². The summed E-state index contributed by atoms with van der Waals surface area (Å²) in [6, 6.07) is 4.44. The number of nitrogens with one attached hydrogen (secondary N) is 2. The van der Waals surface area contributed by atoms with Crippen molar-refractivity contribution in [3.8, 4) is 0 Å². The first-order chi connectivity index (χ1) is 9.54. The Hall–Kier alpha value is -1.43. The molecule has 1 heterocycles. The number of hydrogen-bond acceptors (Lipinski definition) is 2. The van der Waals surface area contributed by atoms with Gasteiger partial charge in [0.1, 0.15) is 5.82 Å². The van der Waals surface area contributed by atoms with E-state index in [1.54, 1.807) is 6.07 Å². The number of amides is 2. The predicted octanol–water partition coefficient (Wildman–Crippen LogP) is 1.92. The van der Waals surface area contributed by atoms with Crippen LogP contribution in [0, 0.1) is 5.82 Å². The minimum atomic E-state index is -0.307. The van der Waals surface area contributed by atoms with Gasteiger partial charge in [-0.25, -0.2) is 4.39 Å². The fourth-order valence-electron chi connectivity index (χ4n) is 2.14. The van der Waals surface area contributed by atoms with Crippen molar-refractivity contribution in [1.29, 1.82) is 0 Å². The van der Waals surface area contributed by atoms with E-state index >= 15 is 0 Å². The topological polar surface area (TPSA) is 58.2 Å². The molecule has 2 amide bonds. The molecule has 0 spiro atoms. The Morgan fingerprint density at radius 1 is 1.50 bits per heavy atom. The SMILES string of the molecule is O=C1CC[C@H](NC(=O)CCc2cc(F)ccc2Br)CN1. The Labute approximate surface area is 125 Å². The predicted molar refractivity (Wildman–Crippen MR) is 76.6 cm³/mol. The molecule has 108 valence electrons. The second-order valence-corrected chi connectivity index (χ2v) is 5.70. The molecular formula is C14H16BrFN2O2. The Morgan fingerprint density at radius 3 is 3.00 bits per heavy atom. The monoisotopic (exact) mass is 342 g/mol. The molecule has 0 aromatic heterocycles. The minimum Gasteiger partial charge on any atom is -0.354 e. The first kappa shape index (κ1) is 15.0. The molecule has 0 unspecified atom stereocenters. The Kier molecular flexibility index (Phi) is 5.11. The molecule has 20 heavy (non-hydrogen) atoms. The molecule has 4 nitrogen and oxygen atoms in total. The van der Waals surface area contributed by atoms with Gasteiger partial charge in [0.05, 0.1) is 0 Å². The molecule has 1 atom stereocenters. The van der Waals surface area contributed by atoms with E-state index in [-0.39, 0.29) is 23.7 Å². The van der Waals surface area contributed by atoms with Gasteiger partial charge < -0.3 is 10.6 Å². The van der Waals surface area contributed by atoms with Crippen LogP contribution in [0.3, 0.4) is 0 Å². The van der Waals surface area contributed by atoms with Crippen LogP contribution >= 0.6 is 15.9 Å². The van der Waals surface area contributed by atoms with Gasteiger partial charge in [0.15, 0.2) is 0 Å². The van der Waals surface area contributed by atoms with E-state index in [1.807, 2.05) is 0 Å². The van der Waals surface area contributed by atoms with Gasteiger partial charge >= 0.3 is 0 Å². The van der Waals surface area contributed by atoms with Crippen LogP contribution < -0.4 is 10.6 Å². The summed E-state index contributed by atoms with van der Waals surface area (Å²) >= 11 is 3.34. The van der Waals surface area contributed by atoms with Crippen molar-refractivity contribution in [3.05, 3.63) is 34.1 Å². The third-order valence-corrected chi connectivity index (χ3v) is 4.03. The molecule has 1 aliphatic rings. The van der Waals surface area contributed by atoms with Crippen LogP contribution in [0.25, 0.3) is 0 Å². The maximum atomic E-state index is 13.1. The molecule has 1 aromatic rings. The van der Waals surface area contributed by atoms with Crippen molar-refractivity contribution in [1.82, 2.24) is 10.6 Å². The third-order valence-electron chi connectivity index (χ3n) is 3.26. The molecule has 6 heteroatoms. The Morgan fingerprint density at radius 2 is 2.30 bits per heavy atom. The second kappa shape index (κ2) is 6.83. The van der Waals surface area contributed by atoms with Gasteiger partial charge in [-0.3, -0.25) is 9.59 Å². The minimum absolute atomic E-state index is 0.00356. The fourth-order valence-corrected chi connectivity index (χ4v) is 2.58. The van der Waals surface area contributed by atoms with Crippen LogP contribution in [-0.4, -0.2) is 24.4 Å². The summed E-state index contributed by atoms with van der Waals surface area (Å²) in [5.41, 5.74) is 0.775. The van der Waals surface area contributed by atoms with Crippen molar-refractivity contribution >= 4 is 27.7 Å². The second-order valence-electron chi connectivity index (χ2n) is 4.84. The van der Waals surface area contributed by atoms with E-state index in [4.69, 9.17) is 0 Å². The lowest BCUT2D eigenvalue weighted by atomic mass is 10.1. The van der Waals surface area contributed by atoms with Crippen LogP contribution in [0.2, 0.25) is 0 Å². The van der Waals surface area contributed by atoms with Gasteiger partial charge in [-0.1, -0.05) is 15.9 Å². The summed E-state index contributed by atoms with van der Waals surface area (Å²) in [4.78, 5) is 22.8. The quantitative estimate of drug-likeness (QED) is 0.878. The summed E-state index contributed by atoms with van der Waals surface area (Å²) in [5.74, 6) is -0.361. The highest BCUT2D eigenvalue weighted by molar-refractivity contribution is 9.10. The van der Waals surface area contributed by atoms with Crippen LogP contribution in [0.1, 0.15) is 24.8 Å². The molecular weight excluding hydrogens is 327 g/mol. The number of benzene rings is 1. The van der Waals surface area contributed by atoms with Crippen molar-refractivity contribution in [2.24, 2.45) is 0 Å². The Bertz CT molecular complexity index is 512. The smallest absolute Gasteiger partial charge is 0.220 e. The lowest BCUT2D eigenvalue weighted by molar-refractivity contribution is -0.125. The number of piperidine rings is 1. The molecule has 2 N–H and O–H groups in total. The molecule has 0 bridgehead atoms. The number of aryl methyl sites for hydroxylation is 1. The molecule has 1 fully saturated rings. The van der Waals surface area contributed by atoms with Gasteiger partial charge in [-0.15, -0.1) is 0 Å². The molecule has 1 aromatic carbocycles. The van der Waals surface area contributed by atoms with E-state index in [0.717, 1.165) is 10.0 Å². The molecule has 1 aliphatic heterocycles. The van der Waals surface area contributed by atoms with Crippen LogP contribution in [0.5, 0.6) is 0 Å². The third kappa shape index (κ3) is 4.30. The fraction of sp³-hybridized carbons (Fsp3) is 0.429. The average Bonchev–Trinajstić information content (AvgIpc) is 2.42. The normalized spacial score (nSPS) is 18.5. The van der Waals surface area contributed by atoms with Crippen LogP contribution in [0.4, 0.5) is 4.39 Å². The molecule has 1 saturated heterocycles. The molecule has 0 saturated carbocycles. The van der Waals surface area contributed by atoms with Crippen LogP contribution in [-0.2, 0) is 16.0 Å². The average molecular weight is 343 g/mol. The van der Waals surface area contributed by atoms with Gasteiger partial charge in [-0.2, -0.15) is 0 Å². The van der Waals surface area contributed by atoms with Crippen LogP contribution in [0.15, 0.2) is 22.7 Å². The molecule has 0 radical (unpaired) electrons. The Balaban J connectivity index is 1.80. The highest BCUT2D eigenvalue weighted by Gasteiger charge is 2.19. The number of carbonyl (C=O) groups excluding carboxylic acids is 2.